The van der Waals surface area contributed by atoms with E-state index in [1.165, 1.54) is 11.8 Å². The lowest BCUT2D eigenvalue weighted by Gasteiger charge is -2.09. The molecule has 1 aromatic carbocycles. The van der Waals surface area contributed by atoms with Gasteiger partial charge in [-0.05, 0) is 31.5 Å². The standard InChI is InChI=1S/C11H16N2OS.ClH/c1-8(2)14-10-5-3-9(4-6-10)7-15-11(12)13;/h3-6,8H,7H2,1-2H3,(H3,12,13);1H. The van der Waals surface area contributed by atoms with Crippen molar-refractivity contribution in [3.63, 3.8) is 0 Å². The zero-order valence-corrected chi connectivity index (χ0v) is 11.0. The summed E-state index contributed by atoms with van der Waals surface area (Å²) in [5.41, 5.74) is 6.40. The van der Waals surface area contributed by atoms with Gasteiger partial charge in [0.1, 0.15) is 5.75 Å². The number of nitrogens with two attached hydrogens (primary N) is 1. The number of amidine groups is 1. The SMILES string of the molecule is CC(C)Oc1ccc(CSC(=N)N)cc1.Cl. The fourth-order valence-electron chi connectivity index (χ4n) is 1.10. The van der Waals surface area contributed by atoms with E-state index in [4.69, 9.17) is 15.9 Å². The first kappa shape index (κ1) is 15.1. The van der Waals surface area contributed by atoms with Crippen LogP contribution in [0.2, 0.25) is 0 Å². The highest BCUT2D eigenvalue weighted by Gasteiger charge is 1.99. The summed E-state index contributed by atoms with van der Waals surface area (Å²) in [6.45, 7) is 4.00. The molecule has 0 aliphatic rings. The lowest BCUT2D eigenvalue weighted by atomic mass is 10.2. The molecule has 0 aliphatic heterocycles. The van der Waals surface area contributed by atoms with E-state index in [-0.39, 0.29) is 23.7 Å². The normalized spacial score (nSPS) is 9.69. The van der Waals surface area contributed by atoms with Crippen LogP contribution in [0.1, 0.15) is 19.4 Å². The summed E-state index contributed by atoms with van der Waals surface area (Å²) in [5.74, 6) is 1.61. The summed E-state index contributed by atoms with van der Waals surface area (Å²) in [6, 6.07) is 7.87. The number of halogens is 1. The molecule has 0 unspecified atom stereocenters. The quantitative estimate of drug-likeness (QED) is 0.646. The van der Waals surface area contributed by atoms with Gasteiger partial charge in [0.15, 0.2) is 5.17 Å². The fourth-order valence-corrected chi connectivity index (χ4v) is 1.61. The second-order valence-electron chi connectivity index (χ2n) is 3.46. The van der Waals surface area contributed by atoms with Crippen LogP contribution in [0.4, 0.5) is 0 Å². The largest absolute Gasteiger partial charge is 0.491 e. The van der Waals surface area contributed by atoms with Crippen LogP contribution >= 0.6 is 24.2 Å². The minimum Gasteiger partial charge on any atom is -0.491 e. The fraction of sp³-hybridized carbons (Fsp3) is 0.364. The van der Waals surface area contributed by atoms with Gasteiger partial charge < -0.3 is 10.5 Å². The van der Waals surface area contributed by atoms with E-state index in [1.54, 1.807) is 0 Å². The molecule has 0 saturated heterocycles. The average Bonchev–Trinajstić information content (AvgIpc) is 2.16. The summed E-state index contributed by atoms with van der Waals surface area (Å²) in [5, 5.41) is 7.24. The summed E-state index contributed by atoms with van der Waals surface area (Å²) < 4.78 is 5.52. The van der Waals surface area contributed by atoms with Crippen molar-refractivity contribution in [3.8, 4) is 5.75 Å². The summed E-state index contributed by atoms with van der Waals surface area (Å²) in [4.78, 5) is 0. The van der Waals surface area contributed by atoms with Crippen molar-refractivity contribution < 1.29 is 4.74 Å². The van der Waals surface area contributed by atoms with Crippen molar-refractivity contribution in [3.05, 3.63) is 29.8 Å². The lowest BCUT2D eigenvalue weighted by molar-refractivity contribution is 0.242. The van der Waals surface area contributed by atoms with E-state index >= 15 is 0 Å². The predicted octanol–water partition coefficient (Wildman–Crippen LogP) is 3.02. The van der Waals surface area contributed by atoms with Gasteiger partial charge in [0.2, 0.25) is 0 Å². The molecule has 0 aromatic heterocycles. The molecule has 0 radical (unpaired) electrons. The molecule has 5 heteroatoms. The van der Waals surface area contributed by atoms with Crippen molar-refractivity contribution in [2.45, 2.75) is 25.7 Å². The third-order valence-corrected chi connectivity index (χ3v) is 2.48. The van der Waals surface area contributed by atoms with Crippen LogP contribution < -0.4 is 10.5 Å². The van der Waals surface area contributed by atoms with E-state index in [2.05, 4.69) is 0 Å². The topological polar surface area (TPSA) is 59.1 Å². The Morgan fingerprint density at radius 3 is 2.38 bits per heavy atom. The van der Waals surface area contributed by atoms with Crippen LogP contribution in [0.3, 0.4) is 0 Å². The van der Waals surface area contributed by atoms with Gasteiger partial charge >= 0.3 is 0 Å². The second-order valence-corrected chi connectivity index (χ2v) is 4.48. The smallest absolute Gasteiger partial charge is 0.151 e. The van der Waals surface area contributed by atoms with Crippen LogP contribution in [0.15, 0.2) is 24.3 Å². The maximum absolute atomic E-state index is 7.09. The number of hydrogen-bond acceptors (Lipinski definition) is 3. The van der Waals surface area contributed by atoms with Gasteiger partial charge in [0, 0.05) is 5.75 Å². The van der Waals surface area contributed by atoms with Crippen molar-refractivity contribution in [2.75, 3.05) is 0 Å². The molecule has 3 nitrogen and oxygen atoms in total. The van der Waals surface area contributed by atoms with E-state index < -0.39 is 0 Å². The molecule has 0 heterocycles. The first-order valence-electron chi connectivity index (χ1n) is 4.80. The van der Waals surface area contributed by atoms with Crippen molar-refractivity contribution in [1.29, 1.82) is 5.41 Å². The van der Waals surface area contributed by atoms with E-state index in [0.29, 0.717) is 0 Å². The molecule has 0 spiro atoms. The van der Waals surface area contributed by atoms with Gasteiger partial charge in [-0.1, -0.05) is 23.9 Å². The van der Waals surface area contributed by atoms with Crippen molar-refractivity contribution >= 4 is 29.3 Å². The Morgan fingerprint density at radius 1 is 1.38 bits per heavy atom. The number of thioether (sulfide) groups is 1. The lowest BCUT2D eigenvalue weighted by Crippen LogP contribution is -2.05. The van der Waals surface area contributed by atoms with Gasteiger partial charge in [-0.2, -0.15) is 0 Å². The molecular formula is C11H17ClN2OS. The zero-order valence-electron chi connectivity index (χ0n) is 9.40. The zero-order chi connectivity index (χ0) is 11.3. The van der Waals surface area contributed by atoms with Gasteiger partial charge in [-0.3, -0.25) is 5.41 Å². The Morgan fingerprint density at radius 2 is 1.94 bits per heavy atom. The number of benzene rings is 1. The number of ether oxygens (including phenoxy) is 1. The highest BCUT2D eigenvalue weighted by molar-refractivity contribution is 8.13. The number of rotatable bonds is 4. The van der Waals surface area contributed by atoms with Crippen LogP contribution in [-0.4, -0.2) is 11.3 Å². The van der Waals surface area contributed by atoms with Crippen LogP contribution in [-0.2, 0) is 5.75 Å². The predicted molar refractivity (Wildman–Crippen MR) is 72.7 cm³/mol. The highest BCUT2D eigenvalue weighted by Crippen LogP contribution is 2.17. The van der Waals surface area contributed by atoms with Crippen LogP contribution in [0, 0.1) is 5.41 Å². The Bertz CT molecular complexity index is 327. The van der Waals surface area contributed by atoms with E-state index in [0.717, 1.165) is 17.1 Å². The molecule has 0 aliphatic carbocycles. The molecule has 0 saturated carbocycles. The Kier molecular flexibility index (Phi) is 7.01. The molecule has 16 heavy (non-hydrogen) atoms. The number of hydrogen-bond donors (Lipinski definition) is 2. The first-order chi connectivity index (χ1) is 7.08. The minimum absolute atomic E-state index is 0. The monoisotopic (exact) mass is 260 g/mol. The first-order valence-corrected chi connectivity index (χ1v) is 5.79. The minimum atomic E-state index is 0. The summed E-state index contributed by atoms with van der Waals surface area (Å²) in [7, 11) is 0. The third-order valence-electron chi connectivity index (χ3n) is 1.69. The molecule has 0 amide bonds. The maximum Gasteiger partial charge on any atom is 0.151 e. The molecule has 0 atom stereocenters. The molecule has 90 valence electrons. The Hall–Kier alpha value is -0.870. The van der Waals surface area contributed by atoms with Gasteiger partial charge in [0.05, 0.1) is 6.10 Å². The molecule has 3 N–H and O–H groups in total. The van der Waals surface area contributed by atoms with Gasteiger partial charge in [-0.15, -0.1) is 12.4 Å². The third kappa shape index (κ3) is 5.88. The van der Waals surface area contributed by atoms with Gasteiger partial charge in [0.25, 0.3) is 0 Å². The van der Waals surface area contributed by atoms with E-state index in [1.807, 2.05) is 38.1 Å². The molecule has 0 bridgehead atoms. The van der Waals surface area contributed by atoms with Crippen LogP contribution in [0.25, 0.3) is 0 Å². The maximum atomic E-state index is 7.09. The highest BCUT2D eigenvalue weighted by atomic mass is 35.5. The Balaban J connectivity index is 0.00000225. The Labute approximate surface area is 107 Å². The second kappa shape index (κ2) is 7.41. The van der Waals surface area contributed by atoms with Crippen LogP contribution in [0.5, 0.6) is 5.75 Å². The van der Waals surface area contributed by atoms with E-state index in [9.17, 15) is 0 Å². The average molecular weight is 261 g/mol. The van der Waals surface area contributed by atoms with Gasteiger partial charge in [-0.25, -0.2) is 0 Å². The van der Waals surface area contributed by atoms with Crippen molar-refractivity contribution in [1.82, 2.24) is 0 Å². The molecule has 1 aromatic rings. The molecule has 1 rings (SSSR count). The molecular weight excluding hydrogens is 244 g/mol. The number of nitrogens with one attached hydrogen (secondary N) is 1. The summed E-state index contributed by atoms with van der Waals surface area (Å²) in [6.07, 6.45) is 0.197. The summed E-state index contributed by atoms with van der Waals surface area (Å²) >= 11 is 1.32. The van der Waals surface area contributed by atoms with Crippen molar-refractivity contribution in [2.24, 2.45) is 5.73 Å². The molecule has 0 fully saturated rings.